The van der Waals surface area contributed by atoms with Gasteiger partial charge in [-0.2, -0.15) is 13.4 Å². The molecule has 4 rings (SSSR count). The van der Waals surface area contributed by atoms with Crippen LogP contribution >= 0.6 is 0 Å². The van der Waals surface area contributed by atoms with Crippen LogP contribution in [0.2, 0.25) is 0 Å². The fourth-order valence-electron chi connectivity index (χ4n) is 3.05. The van der Waals surface area contributed by atoms with Crippen LogP contribution in [0.15, 0.2) is 42.6 Å². The summed E-state index contributed by atoms with van der Waals surface area (Å²) in [5.41, 5.74) is 0.633. The number of nitrogens with one attached hydrogen (secondary N) is 3. The van der Waals surface area contributed by atoms with E-state index in [0.717, 1.165) is 6.20 Å². The van der Waals surface area contributed by atoms with Crippen molar-refractivity contribution in [2.24, 2.45) is 0 Å². The molecule has 1 amide bonds. The first kappa shape index (κ1) is 27.4. The minimum Gasteiger partial charge on any atom is -0.497 e. The van der Waals surface area contributed by atoms with Crippen LogP contribution in [0.1, 0.15) is 13.8 Å². The van der Waals surface area contributed by atoms with E-state index >= 15 is 0 Å². The largest absolute Gasteiger partial charge is 0.497 e. The van der Waals surface area contributed by atoms with E-state index in [4.69, 9.17) is 18.8 Å². The number of halogens is 1. The molecule has 1 aliphatic rings. The van der Waals surface area contributed by atoms with Gasteiger partial charge in [0.05, 0.1) is 32.4 Å². The number of carbonyl (C=O) groups excluding carboxylic acids is 1. The molecule has 0 saturated carbocycles. The molecule has 0 spiro atoms. The molecule has 0 bridgehead atoms. The van der Waals surface area contributed by atoms with Crippen molar-refractivity contribution < 1.29 is 36.4 Å². The van der Waals surface area contributed by atoms with Crippen LogP contribution in [0.3, 0.4) is 0 Å². The summed E-state index contributed by atoms with van der Waals surface area (Å²) in [7, 11) is -0.579. The first-order valence-electron chi connectivity index (χ1n) is 10.6. The number of ether oxygens (including phenoxy) is 3. The summed E-state index contributed by atoms with van der Waals surface area (Å²) < 4.78 is 56.5. The second kappa shape index (κ2) is 10.8. The molecule has 0 aliphatic carbocycles. The minimum absolute atomic E-state index is 0.0410. The van der Waals surface area contributed by atoms with Gasteiger partial charge < -0.3 is 30.2 Å². The molecule has 12 nitrogen and oxygen atoms in total. The van der Waals surface area contributed by atoms with Crippen LogP contribution in [0.25, 0.3) is 0 Å². The Bertz CT molecular complexity index is 1390. The predicted molar refractivity (Wildman–Crippen MR) is 135 cm³/mol. The third-order valence-electron chi connectivity index (χ3n) is 4.75. The molecule has 2 heterocycles. The molecule has 37 heavy (non-hydrogen) atoms. The topological polar surface area (TPSA) is 161 Å². The van der Waals surface area contributed by atoms with Crippen LogP contribution < -0.4 is 30.2 Å². The Morgan fingerprint density at radius 1 is 1.05 bits per heavy atom. The summed E-state index contributed by atoms with van der Waals surface area (Å²) in [4.78, 5) is 20.4. The first-order chi connectivity index (χ1) is 17.3. The van der Waals surface area contributed by atoms with Gasteiger partial charge in [0.1, 0.15) is 17.2 Å². The van der Waals surface area contributed by atoms with Gasteiger partial charge in [0, 0.05) is 29.6 Å². The summed E-state index contributed by atoms with van der Waals surface area (Å²) in [5.74, 6) is 0.898. The maximum absolute atomic E-state index is 14.4. The number of fused-ring (bicyclic) bond motifs is 1. The maximum atomic E-state index is 14.4. The Labute approximate surface area is 212 Å². The highest BCUT2D eigenvalue weighted by Gasteiger charge is 2.35. The maximum Gasteiger partial charge on any atom is 0.268 e. The van der Waals surface area contributed by atoms with E-state index in [0.29, 0.717) is 40.6 Å². The lowest BCUT2D eigenvalue weighted by molar-refractivity contribution is -0.129. The Kier molecular flexibility index (Phi) is 8.03. The Morgan fingerprint density at radius 2 is 1.68 bits per heavy atom. The number of hydrogen-bond donors (Lipinski definition) is 4. The second-order valence-electron chi connectivity index (χ2n) is 8.25. The van der Waals surface area contributed by atoms with Crippen LogP contribution in [0, 0.1) is 5.82 Å². The van der Waals surface area contributed by atoms with Gasteiger partial charge in [0.25, 0.3) is 16.0 Å². The number of methoxy groups -OCH3 is 2. The van der Waals surface area contributed by atoms with Gasteiger partial charge in [-0.05, 0) is 32.0 Å². The van der Waals surface area contributed by atoms with E-state index in [9.17, 15) is 17.6 Å². The number of hydrogen-bond acceptors (Lipinski definition) is 10. The molecule has 1 aromatic heterocycles. The quantitative estimate of drug-likeness (QED) is 0.340. The van der Waals surface area contributed by atoms with Gasteiger partial charge in [0.15, 0.2) is 17.2 Å². The summed E-state index contributed by atoms with van der Waals surface area (Å²) in [6, 6.07) is 10.2. The summed E-state index contributed by atoms with van der Waals surface area (Å²) in [6.45, 7) is 3.36. The summed E-state index contributed by atoms with van der Waals surface area (Å²) in [5, 5.41) is 8.70. The predicted octanol–water partition coefficient (Wildman–Crippen LogP) is 3.73. The van der Waals surface area contributed by atoms with Gasteiger partial charge >= 0.3 is 0 Å². The van der Waals surface area contributed by atoms with Crippen molar-refractivity contribution in [3.63, 3.8) is 0 Å². The molecule has 198 valence electrons. The Balaban J connectivity index is 0.000000695. The molecule has 4 N–H and O–H groups in total. The standard InChI is InChI=1S/C22H22FN5O4.CH4O3S/c1-22(2)20(29)27-17-9-12(5-6-18(17)32-22)25-19-16(23)11-24-21(28-19)26-13-7-14(30-3)10-15(8-13)31-4;1-5(2,3)4/h5-11H,1-4H3,(H,27,29)(H2,24,25,26,28);1H3,(H,2,3,4). The molecular weight excluding hydrogens is 509 g/mol. The zero-order valence-corrected chi connectivity index (χ0v) is 21.4. The van der Waals surface area contributed by atoms with Gasteiger partial charge in [0.2, 0.25) is 5.95 Å². The summed E-state index contributed by atoms with van der Waals surface area (Å²) in [6.07, 6.45) is 1.77. The molecule has 0 radical (unpaired) electrons. The van der Waals surface area contributed by atoms with Crippen LogP contribution in [0.4, 0.5) is 33.2 Å². The van der Waals surface area contributed by atoms with E-state index in [1.54, 1.807) is 64.5 Å². The third kappa shape index (κ3) is 7.65. The number of aromatic nitrogens is 2. The average Bonchev–Trinajstić information content (AvgIpc) is 2.80. The van der Waals surface area contributed by atoms with Crippen molar-refractivity contribution in [2.45, 2.75) is 19.4 Å². The highest BCUT2D eigenvalue weighted by molar-refractivity contribution is 7.85. The lowest BCUT2D eigenvalue weighted by atomic mass is 10.1. The number of carbonyl (C=O) groups is 1. The SMILES string of the molecule is COc1cc(Nc2ncc(F)c(Nc3ccc4c(c3)NC(=O)C(C)(C)O4)n2)cc(OC)c1.CS(=O)(=O)O. The number of rotatable bonds is 6. The lowest BCUT2D eigenvalue weighted by Crippen LogP contribution is -2.45. The van der Waals surface area contributed by atoms with Crippen LogP contribution in [-0.2, 0) is 14.9 Å². The Hall–Kier alpha value is -4.17. The lowest BCUT2D eigenvalue weighted by Gasteiger charge is -2.31. The van der Waals surface area contributed by atoms with Gasteiger partial charge in [-0.1, -0.05) is 0 Å². The second-order valence-corrected chi connectivity index (χ2v) is 9.72. The molecule has 1 aliphatic heterocycles. The molecule has 3 aromatic rings. The molecular formula is C23H26FN5O7S. The normalized spacial score (nSPS) is 13.6. The highest BCUT2D eigenvalue weighted by Crippen LogP contribution is 2.36. The first-order valence-corrected chi connectivity index (χ1v) is 12.5. The van der Waals surface area contributed by atoms with E-state index < -0.39 is 21.5 Å². The molecule has 2 aromatic carbocycles. The van der Waals surface area contributed by atoms with Crippen molar-refractivity contribution in [3.05, 3.63) is 48.4 Å². The highest BCUT2D eigenvalue weighted by atomic mass is 32.2. The minimum atomic E-state index is -3.67. The monoisotopic (exact) mass is 535 g/mol. The molecule has 0 fully saturated rings. The fourth-order valence-corrected chi connectivity index (χ4v) is 3.05. The molecule has 14 heteroatoms. The van der Waals surface area contributed by atoms with E-state index in [1.165, 1.54) is 0 Å². The van der Waals surface area contributed by atoms with Crippen molar-refractivity contribution in [1.82, 2.24) is 9.97 Å². The third-order valence-corrected chi connectivity index (χ3v) is 4.75. The number of benzene rings is 2. The molecule has 0 saturated heterocycles. The fraction of sp³-hybridized carbons (Fsp3) is 0.261. The van der Waals surface area contributed by atoms with E-state index in [-0.39, 0.29) is 17.7 Å². The zero-order chi connectivity index (χ0) is 27.4. The van der Waals surface area contributed by atoms with Crippen molar-refractivity contribution >= 4 is 44.9 Å². The van der Waals surface area contributed by atoms with Crippen LogP contribution in [0.5, 0.6) is 17.2 Å². The van der Waals surface area contributed by atoms with Crippen molar-refractivity contribution in [3.8, 4) is 17.2 Å². The van der Waals surface area contributed by atoms with Gasteiger partial charge in [-0.25, -0.2) is 9.37 Å². The number of anilines is 5. The van der Waals surface area contributed by atoms with Crippen molar-refractivity contribution in [2.75, 3.05) is 36.4 Å². The smallest absolute Gasteiger partial charge is 0.268 e. The van der Waals surface area contributed by atoms with Gasteiger partial charge in [-0.3, -0.25) is 9.35 Å². The van der Waals surface area contributed by atoms with Gasteiger partial charge in [-0.15, -0.1) is 0 Å². The Morgan fingerprint density at radius 3 is 2.27 bits per heavy atom. The molecule has 0 unspecified atom stereocenters. The van der Waals surface area contributed by atoms with E-state index in [1.807, 2.05) is 0 Å². The zero-order valence-electron chi connectivity index (χ0n) is 20.6. The average molecular weight is 536 g/mol. The van der Waals surface area contributed by atoms with Crippen LogP contribution in [-0.4, -0.2) is 54.9 Å². The van der Waals surface area contributed by atoms with E-state index in [2.05, 4.69) is 25.9 Å². The number of nitrogens with zero attached hydrogens (tertiary/aromatic N) is 2. The number of amides is 1. The van der Waals surface area contributed by atoms with Crippen molar-refractivity contribution in [1.29, 1.82) is 0 Å². The molecule has 0 atom stereocenters. The summed E-state index contributed by atoms with van der Waals surface area (Å²) >= 11 is 0.